The summed E-state index contributed by atoms with van der Waals surface area (Å²) in [5.74, 6) is 1.95. The van der Waals surface area contributed by atoms with Crippen molar-refractivity contribution in [1.82, 2.24) is 24.5 Å². The maximum Gasteiger partial charge on any atom is 0.205 e. The second kappa shape index (κ2) is 13.1. The van der Waals surface area contributed by atoms with E-state index >= 15 is 0 Å². The number of nitrogens with one attached hydrogen (secondary N) is 1. The maximum absolute atomic E-state index is 4.61. The van der Waals surface area contributed by atoms with E-state index in [2.05, 4.69) is 78.7 Å². The molecule has 1 aliphatic rings. The molecule has 2 aromatic rings. The van der Waals surface area contributed by atoms with Gasteiger partial charge in [-0.3, -0.25) is 4.99 Å². The quantitative estimate of drug-likeness (QED) is 0.239. The van der Waals surface area contributed by atoms with Gasteiger partial charge in [-0.15, -0.1) is 24.0 Å². The van der Waals surface area contributed by atoms with Crippen molar-refractivity contribution in [3.8, 4) is 0 Å². The first kappa shape index (κ1) is 24.8. The lowest BCUT2D eigenvalue weighted by Crippen LogP contribution is -2.52. The largest absolute Gasteiger partial charge is 0.356 e. The highest BCUT2D eigenvalue weighted by Gasteiger charge is 2.21. The first-order chi connectivity index (χ1) is 14.2. The zero-order valence-corrected chi connectivity index (χ0v) is 21.4. The Labute approximate surface area is 201 Å². The number of guanidine groups is 1. The number of halogens is 1. The van der Waals surface area contributed by atoms with Crippen LogP contribution in [0.3, 0.4) is 0 Å². The van der Waals surface area contributed by atoms with Crippen LogP contribution in [0, 0.1) is 0 Å². The predicted octanol–water partition coefficient (Wildman–Crippen LogP) is 2.94. The van der Waals surface area contributed by atoms with E-state index in [1.54, 1.807) is 0 Å². The Morgan fingerprint density at radius 3 is 2.57 bits per heavy atom. The second-order valence-corrected chi connectivity index (χ2v) is 8.10. The van der Waals surface area contributed by atoms with Crippen LogP contribution in [0.5, 0.6) is 0 Å². The molecule has 1 saturated heterocycles. The molecular weight excluding hydrogens is 509 g/mol. The zero-order chi connectivity index (χ0) is 20.5. The zero-order valence-electron chi connectivity index (χ0n) is 18.3. The maximum atomic E-state index is 4.61. The van der Waals surface area contributed by atoms with Crippen molar-refractivity contribution < 1.29 is 0 Å². The Kier molecular flexibility index (Phi) is 10.8. The molecule has 9 heteroatoms. The van der Waals surface area contributed by atoms with E-state index in [9.17, 15) is 0 Å². The summed E-state index contributed by atoms with van der Waals surface area (Å²) in [6.45, 7) is 8.90. The highest BCUT2D eigenvalue weighted by Crippen LogP contribution is 2.19. The third kappa shape index (κ3) is 7.35. The van der Waals surface area contributed by atoms with Gasteiger partial charge in [-0.05, 0) is 25.6 Å². The van der Waals surface area contributed by atoms with Gasteiger partial charge in [0.05, 0.1) is 0 Å². The normalized spacial score (nSPS) is 14.7. The molecular formula is C21H34IN7S. The van der Waals surface area contributed by atoms with Crippen LogP contribution in [0.15, 0.2) is 35.3 Å². The summed E-state index contributed by atoms with van der Waals surface area (Å²) in [6, 6.07) is 10.6. The summed E-state index contributed by atoms with van der Waals surface area (Å²) in [6.07, 6.45) is 1.99. The Morgan fingerprint density at radius 1 is 1.20 bits per heavy atom. The number of aliphatic imine (C=N–C) groups is 1. The van der Waals surface area contributed by atoms with E-state index in [0.717, 1.165) is 75.6 Å². The lowest BCUT2D eigenvalue weighted by molar-refractivity contribution is 0.320. The van der Waals surface area contributed by atoms with Gasteiger partial charge >= 0.3 is 0 Å². The molecule has 1 N–H and O–H groups in total. The van der Waals surface area contributed by atoms with Crippen molar-refractivity contribution in [3.05, 3.63) is 41.7 Å². The van der Waals surface area contributed by atoms with Crippen LogP contribution in [0.1, 0.15) is 24.7 Å². The van der Waals surface area contributed by atoms with Gasteiger partial charge in [0.15, 0.2) is 5.96 Å². The molecule has 0 atom stereocenters. The Morgan fingerprint density at radius 2 is 1.93 bits per heavy atom. The Hall–Kier alpha value is -1.46. The fourth-order valence-corrected chi connectivity index (χ4v) is 4.28. The highest BCUT2D eigenvalue weighted by molar-refractivity contribution is 14.0. The molecule has 1 aromatic carbocycles. The molecule has 0 aliphatic carbocycles. The van der Waals surface area contributed by atoms with Gasteiger partial charge in [0, 0.05) is 64.3 Å². The van der Waals surface area contributed by atoms with E-state index in [0.29, 0.717) is 0 Å². The van der Waals surface area contributed by atoms with Crippen molar-refractivity contribution >= 4 is 46.6 Å². The minimum absolute atomic E-state index is 0. The summed E-state index contributed by atoms with van der Waals surface area (Å²) < 4.78 is 4.41. The molecule has 2 heterocycles. The molecule has 0 amide bonds. The molecule has 0 radical (unpaired) electrons. The number of nitrogens with zero attached hydrogens (tertiary/aromatic N) is 6. The van der Waals surface area contributed by atoms with Gasteiger partial charge in [0.1, 0.15) is 5.82 Å². The summed E-state index contributed by atoms with van der Waals surface area (Å²) >= 11 is 1.51. The summed E-state index contributed by atoms with van der Waals surface area (Å²) in [4.78, 5) is 16.1. The van der Waals surface area contributed by atoms with Crippen LogP contribution in [0.4, 0.5) is 5.13 Å². The first-order valence-electron chi connectivity index (χ1n) is 10.4. The molecule has 1 fully saturated rings. The van der Waals surface area contributed by atoms with Gasteiger partial charge in [0.25, 0.3) is 0 Å². The molecule has 30 heavy (non-hydrogen) atoms. The average molecular weight is 544 g/mol. The van der Waals surface area contributed by atoms with Gasteiger partial charge in [-0.2, -0.15) is 4.37 Å². The van der Waals surface area contributed by atoms with E-state index in [4.69, 9.17) is 0 Å². The third-order valence-corrected chi connectivity index (χ3v) is 5.94. The molecule has 0 bridgehead atoms. The molecule has 1 aromatic heterocycles. The van der Waals surface area contributed by atoms with Crippen LogP contribution in [0.2, 0.25) is 0 Å². The van der Waals surface area contributed by atoms with Gasteiger partial charge in [-0.1, -0.05) is 37.3 Å². The molecule has 7 nitrogen and oxygen atoms in total. The number of aryl methyl sites for hydroxylation is 1. The number of rotatable bonds is 8. The number of benzene rings is 1. The predicted molar refractivity (Wildman–Crippen MR) is 137 cm³/mol. The molecule has 0 unspecified atom stereocenters. The first-order valence-corrected chi connectivity index (χ1v) is 11.2. The van der Waals surface area contributed by atoms with Crippen LogP contribution in [0.25, 0.3) is 0 Å². The topological polar surface area (TPSA) is 59.9 Å². The number of hydrogen-bond donors (Lipinski definition) is 1. The van der Waals surface area contributed by atoms with E-state index in [1.165, 1.54) is 17.1 Å². The van der Waals surface area contributed by atoms with Crippen molar-refractivity contribution in [2.24, 2.45) is 4.99 Å². The van der Waals surface area contributed by atoms with Crippen molar-refractivity contribution in [2.75, 3.05) is 58.3 Å². The minimum atomic E-state index is 0. The lowest BCUT2D eigenvalue weighted by Gasteiger charge is -2.36. The van der Waals surface area contributed by atoms with Gasteiger partial charge in [0.2, 0.25) is 5.13 Å². The molecule has 166 valence electrons. The highest BCUT2D eigenvalue weighted by atomic mass is 127. The van der Waals surface area contributed by atoms with Crippen LogP contribution < -0.4 is 10.2 Å². The lowest BCUT2D eigenvalue weighted by atomic mass is 10.2. The van der Waals surface area contributed by atoms with E-state index in [-0.39, 0.29) is 24.0 Å². The van der Waals surface area contributed by atoms with Crippen LogP contribution in [-0.2, 0) is 13.0 Å². The summed E-state index contributed by atoms with van der Waals surface area (Å²) in [7, 11) is 4.05. The number of piperazine rings is 1. The third-order valence-electron chi connectivity index (χ3n) is 5.13. The van der Waals surface area contributed by atoms with Gasteiger partial charge < -0.3 is 20.0 Å². The fourth-order valence-electron chi connectivity index (χ4n) is 3.48. The number of hydrogen-bond acceptors (Lipinski definition) is 6. The standard InChI is InChI=1S/C21H33N7S.HI/c1-4-19-24-21(29-25-19)28-15-13-27(14-16-28)20(22-2)23-11-8-12-26(3)17-18-9-6-5-7-10-18;/h5-7,9-10H,4,8,11-17H2,1-3H3,(H,22,23);1H. The minimum Gasteiger partial charge on any atom is -0.356 e. The Bertz CT molecular complexity index is 760. The number of aromatic nitrogens is 2. The van der Waals surface area contributed by atoms with Crippen LogP contribution >= 0.6 is 35.5 Å². The molecule has 0 spiro atoms. The fraction of sp³-hybridized carbons (Fsp3) is 0.571. The molecule has 3 rings (SSSR count). The van der Waals surface area contributed by atoms with Crippen molar-refractivity contribution in [1.29, 1.82) is 0 Å². The van der Waals surface area contributed by atoms with Gasteiger partial charge in [-0.25, -0.2) is 4.98 Å². The summed E-state index contributed by atoms with van der Waals surface area (Å²) in [5, 5.41) is 4.58. The monoisotopic (exact) mass is 543 g/mol. The van der Waals surface area contributed by atoms with E-state index in [1.807, 2.05) is 7.05 Å². The molecule has 1 aliphatic heterocycles. The Balaban J connectivity index is 0.00000320. The van der Waals surface area contributed by atoms with Crippen LogP contribution in [-0.4, -0.2) is 78.5 Å². The average Bonchev–Trinajstić information content (AvgIpc) is 3.24. The van der Waals surface area contributed by atoms with Crippen molar-refractivity contribution in [2.45, 2.75) is 26.3 Å². The summed E-state index contributed by atoms with van der Waals surface area (Å²) in [5.41, 5.74) is 1.36. The smallest absolute Gasteiger partial charge is 0.205 e. The second-order valence-electron chi connectivity index (χ2n) is 7.37. The SMILES string of the molecule is CCc1nsc(N2CCN(C(=NC)NCCCN(C)Cc3ccccc3)CC2)n1.I. The number of anilines is 1. The van der Waals surface area contributed by atoms with Crippen molar-refractivity contribution in [3.63, 3.8) is 0 Å². The van der Waals surface area contributed by atoms with E-state index < -0.39 is 0 Å². The molecule has 0 saturated carbocycles.